The van der Waals surface area contributed by atoms with Crippen molar-refractivity contribution < 1.29 is 17.9 Å². The predicted octanol–water partition coefficient (Wildman–Crippen LogP) is 3.11. The first-order chi connectivity index (χ1) is 13.3. The number of ether oxygens (including phenoxy) is 1. The van der Waals surface area contributed by atoms with Crippen LogP contribution < -0.4 is 14.4 Å². The first-order valence-electron chi connectivity index (χ1n) is 9.47. The minimum absolute atomic E-state index is 0.0495. The molecule has 0 saturated carbocycles. The average molecular weight is 403 g/mol. The van der Waals surface area contributed by atoms with Crippen LogP contribution in [0.4, 0.5) is 5.69 Å². The van der Waals surface area contributed by atoms with E-state index in [2.05, 4.69) is 4.72 Å². The van der Waals surface area contributed by atoms with Gasteiger partial charge in [0.25, 0.3) is 0 Å². The molecule has 0 saturated heterocycles. The van der Waals surface area contributed by atoms with E-state index in [0.29, 0.717) is 18.9 Å². The summed E-state index contributed by atoms with van der Waals surface area (Å²) >= 11 is 0. The SMILES string of the molecule is CCOc1ccc(S(=O)(=O)NCc2ccc3c(c2)CCN3C(=O)C(C)C)cc1. The number of anilines is 1. The van der Waals surface area contributed by atoms with E-state index >= 15 is 0 Å². The van der Waals surface area contributed by atoms with E-state index < -0.39 is 10.0 Å². The topological polar surface area (TPSA) is 75.7 Å². The van der Waals surface area contributed by atoms with Crippen LogP contribution in [-0.4, -0.2) is 27.5 Å². The van der Waals surface area contributed by atoms with Crippen molar-refractivity contribution in [1.82, 2.24) is 4.72 Å². The Morgan fingerprint density at radius 3 is 2.54 bits per heavy atom. The van der Waals surface area contributed by atoms with Crippen molar-refractivity contribution >= 4 is 21.6 Å². The highest BCUT2D eigenvalue weighted by Crippen LogP contribution is 2.30. The quantitative estimate of drug-likeness (QED) is 0.772. The molecule has 0 fully saturated rings. The van der Waals surface area contributed by atoms with Gasteiger partial charge in [-0.1, -0.05) is 26.0 Å². The van der Waals surface area contributed by atoms with Gasteiger partial charge in [0.2, 0.25) is 15.9 Å². The lowest BCUT2D eigenvalue weighted by molar-refractivity contribution is -0.121. The Balaban J connectivity index is 1.69. The van der Waals surface area contributed by atoms with Crippen LogP contribution >= 0.6 is 0 Å². The number of carbonyl (C=O) groups excluding carboxylic acids is 1. The third-order valence-electron chi connectivity index (χ3n) is 4.71. The number of nitrogens with zero attached hydrogens (tertiary/aromatic N) is 1. The standard InChI is InChI=1S/C21H26N2O4S/c1-4-27-18-6-8-19(9-7-18)28(25,26)22-14-16-5-10-20-17(13-16)11-12-23(20)21(24)15(2)3/h5-10,13,15,22H,4,11-12,14H2,1-3H3. The Labute approximate surface area is 166 Å². The monoisotopic (exact) mass is 402 g/mol. The molecule has 1 heterocycles. The molecule has 6 nitrogen and oxygen atoms in total. The molecule has 28 heavy (non-hydrogen) atoms. The number of sulfonamides is 1. The highest BCUT2D eigenvalue weighted by atomic mass is 32.2. The summed E-state index contributed by atoms with van der Waals surface area (Å²) in [5.41, 5.74) is 2.87. The van der Waals surface area contributed by atoms with Gasteiger partial charge in [-0.2, -0.15) is 0 Å². The fraction of sp³-hybridized carbons (Fsp3) is 0.381. The van der Waals surface area contributed by atoms with Gasteiger partial charge in [0.1, 0.15) is 5.75 Å². The number of amides is 1. The molecule has 0 radical (unpaired) electrons. The second-order valence-corrected chi connectivity index (χ2v) is 8.85. The molecular weight excluding hydrogens is 376 g/mol. The van der Waals surface area contributed by atoms with Gasteiger partial charge < -0.3 is 9.64 Å². The summed E-state index contributed by atoms with van der Waals surface area (Å²) in [4.78, 5) is 14.3. The summed E-state index contributed by atoms with van der Waals surface area (Å²) in [6, 6.07) is 12.1. The van der Waals surface area contributed by atoms with E-state index in [9.17, 15) is 13.2 Å². The van der Waals surface area contributed by atoms with E-state index in [1.165, 1.54) is 12.1 Å². The highest BCUT2D eigenvalue weighted by molar-refractivity contribution is 7.89. The van der Waals surface area contributed by atoms with Crippen LogP contribution in [-0.2, 0) is 27.8 Å². The fourth-order valence-corrected chi connectivity index (χ4v) is 4.27. The van der Waals surface area contributed by atoms with Gasteiger partial charge in [-0.25, -0.2) is 13.1 Å². The van der Waals surface area contributed by atoms with Crippen molar-refractivity contribution in [3.8, 4) is 5.75 Å². The van der Waals surface area contributed by atoms with Crippen molar-refractivity contribution in [3.63, 3.8) is 0 Å². The zero-order valence-electron chi connectivity index (χ0n) is 16.4. The van der Waals surface area contributed by atoms with Crippen molar-refractivity contribution in [1.29, 1.82) is 0 Å². The summed E-state index contributed by atoms with van der Waals surface area (Å²) in [6.07, 6.45) is 0.785. The van der Waals surface area contributed by atoms with Crippen LogP contribution in [0.25, 0.3) is 0 Å². The normalized spacial score (nSPS) is 13.6. The maximum absolute atomic E-state index is 12.5. The first kappa shape index (κ1) is 20.4. The third kappa shape index (κ3) is 4.36. The Kier molecular flexibility index (Phi) is 6.05. The third-order valence-corrected chi connectivity index (χ3v) is 6.13. The summed E-state index contributed by atoms with van der Waals surface area (Å²) in [7, 11) is -3.61. The van der Waals surface area contributed by atoms with E-state index in [0.717, 1.165) is 23.2 Å². The number of hydrogen-bond acceptors (Lipinski definition) is 4. The number of rotatable bonds is 7. The second kappa shape index (κ2) is 8.32. The predicted molar refractivity (Wildman–Crippen MR) is 109 cm³/mol. The van der Waals surface area contributed by atoms with Gasteiger partial charge in [-0.05, 0) is 54.8 Å². The van der Waals surface area contributed by atoms with Crippen LogP contribution in [0.5, 0.6) is 5.75 Å². The molecule has 0 aromatic heterocycles. The number of nitrogens with one attached hydrogen (secondary N) is 1. The van der Waals surface area contributed by atoms with Gasteiger partial charge in [-0.3, -0.25) is 4.79 Å². The van der Waals surface area contributed by atoms with Crippen LogP contribution in [0.3, 0.4) is 0 Å². The molecule has 0 aliphatic carbocycles. The van der Waals surface area contributed by atoms with Gasteiger partial charge in [-0.15, -0.1) is 0 Å². The molecule has 7 heteroatoms. The lowest BCUT2D eigenvalue weighted by Crippen LogP contribution is -2.32. The van der Waals surface area contributed by atoms with Gasteiger partial charge >= 0.3 is 0 Å². The lowest BCUT2D eigenvalue weighted by atomic mass is 10.1. The van der Waals surface area contributed by atoms with Crippen LogP contribution in [0.1, 0.15) is 31.9 Å². The maximum atomic E-state index is 12.5. The minimum Gasteiger partial charge on any atom is -0.494 e. The molecule has 1 aliphatic rings. The average Bonchev–Trinajstić information content (AvgIpc) is 3.09. The Morgan fingerprint density at radius 1 is 1.18 bits per heavy atom. The van der Waals surface area contributed by atoms with Crippen LogP contribution in [0.2, 0.25) is 0 Å². The summed E-state index contributed by atoms with van der Waals surface area (Å²) < 4.78 is 33.0. The molecule has 3 rings (SSSR count). The van der Waals surface area contributed by atoms with Crippen molar-refractivity contribution in [2.45, 2.75) is 38.6 Å². The van der Waals surface area contributed by atoms with E-state index in [1.54, 1.807) is 12.1 Å². The Bertz CT molecular complexity index is 953. The van der Waals surface area contributed by atoms with Crippen molar-refractivity contribution in [2.75, 3.05) is 18.1 Å². The fourth-order valence-electron chi connectivity index (χ4n) is 3.25. The molecule has 150 valence electrons. The lowest BCUT2D eigenvalue weighted by Gasteiger charge is -2.19. The van der Waals surface area contributed by atoms with Gasteiger partial charge in [0, 0.05) is 24.7 Å². The zero-order valence-corrected chi connectivity index (χ0v) is 17.3. The molecule has 1 aliphatic heterocycles. The van der Waals surface area contributed by atoms with E-state index in [4.69, 9.17) is 4.74 Å². The van der Waals surface area contributed by atoms with Gasteiger partial charge in [0.15, 0.2) is 0 Å². The molecule has 2 aromatic carbocycles. The zero-order chi connectivity index (χ0) is 20.3. The number of carbonyl (C=O) groups is 1. The summed E-state index contributed by atoms with van der Waals surface area (Å²) in [6.45, 7) is 7.06. The summed E-state index contributed by atoms with van der Waals surface area (Å²) in [5, 5.41) is 0. The number of fused-ring (bicyclic) bond motifs is 1. The molecule has 1 amide bonds. The van der Waals surface area contributed by atoms with Crippen LogP contribution in [0.15, 0.2) is 47.4 Å². The molecular formula is C21H26N2O4S. The Hall–Kier alpha value is -2.38. The highest BCUT2D eigenvalue weighted by Gasteiger charge is 2.26. The molecule has 1 N–H and O–H groups in total. The number of hydrogen-bond donors (Lipinski definition) is 1. The Morgan fingerprint density at radius 2 is 1.89 bits per heavy atom. The summed E-state index contributed by atoms with van der Waals surface area (Å²) in [5.74, 6) is 0.704. The molecule has 0 spiro atoms. The minimum atomic E-state index is -3.61. The largest absolute Gasteiger partial charge is 0.494 e. The van der Waals surface area contributed by atoms with E-state index in [-0.39, 0.29) is 23.3 Å². The van der Waals surface area contributed by atoms with Crippen molar-refractivity contribution in [2.24, 2.45) is 5.92 Å². The molecule has 0 unspecified atom stereocenters. The maximum Gasteiger partial charge on any atom is 0.240 e. The van der Waals surface area contributed by atoms with Crippen molar-refractivity contribution in [3.05, 3.63) is 53.6 Å². The first-order valence-corrected chi connectivity index (χ1v) is 11.0. The van der Waals surface area contributed by atoms with Crippen LogP contribution in [0, 0.1) is 5.92 Å². The molecule has 0 atom stereocenters. The second-order valence-electron chi connectivity index (χ2n) is 7.09. The van der Waals surface area contributed by atoms with E-state index in [1.807, 2.05) is 43.9 Å². The molecule has 0 bridgehead atoms. The number of benzene rings is 2. The van der Waals surface area contributed by atoms with Gasteiger partial charge in [0.05, 0.1) is 11.5 Å². The smallest absolute Gasteiger partial charge is 0.240 e. The molecule has 2 aromatic rings.